The van der Waals surface area contributed by atoms with E-state index in [1.165, 1.54) is 4.90 Å². The molecular formula is C16H19N3O4. The molecule has 1 unspecified atom stereocenters. The molecule has 0 saturated heterocycles. The Balaban J connectivity index is 1.63. The first-order chi connectivity index (χ1) is 11.0. The quantitative estimate of drug-likeness (QED) is 0.858. The summed E-state index contributed by atoms with van der Waals surface area (Å²) < 4.78 is 16.4. The average molecular weight is 317 g/mol. The minimum atomic E-state index is -0.678. The fourth-order valence-corrected chi connectivity index (χ4v) is 2.23. The summed E-state index contributed by atoms with van der Waals surface area (Å²) in [6.45, 7) is 4.38. The van der Waals surface area contributed by atoms with E-state index in [9.17, 15) is 4.79 Å². The second kappa shape index (κ2) is 6.28. The topological polar surface area (TPSA) is 77.7 Å². The van der Waals surface area contributed by atoms with Crippen molar-refractivity contribution in [3.05, 3.63) is 36.0 Å². The van der Waals surface area contributed by atoms with Gasteiger partial charge in [-0.15, -0.1) is 0 Å². The molecule has 1 aromatic heterocycles. The molecule has 7 nitrogen and oxygen atoms in total. The number of hydrogen-bond acceptors (Lipinski definition) is 6. The summed E-state index contributed by atoms with van der Waals surface area (Å²) >= 11 is 0. The zero-order valence-corrected chi connectivity index (χ0v) is 13.4. The summed E-state index contributed by atoms with van der Waals surface area (Å²) in [5.74, 6) is 2.25. The molecule has 0 saturated carbocycles. The van der Waals surface area contributed by atoms with Crippen LogP contribution in [0.3, 0.4) is 0 Å². The molecule has 2 heterocycles. The Morgan fingerprint density at radius 1 is 1.35 bits per heavy atom. The van der Waals surface area contributed by atoms with Gasteiger partial charge in [0.15, 0.2) is 17.3 Å². The molecule has 122 valence electrons. The van der Waals surface area contributed by atoms with E-state index in [0.717, 1.165) is 0 Å². The molecule has 0 spiro atoms. The predicted octanol–water partition coefficient (Wildman–Crippen LogP) is 1.99. The molecule has 1 aliphatic rings. The van der Waals surface area contributed by atoms with E-state index in [-0.39, 0.29) is 25.0 Å². The maximum Gasteiger partial charge on any atom is 0.267 e. The minimum Gasteiger partial charge on any atom is -0.485 e. The second-order valence-corrected chi connectivity index (χ2v) is 5.76. The van der Waals surface area contributed by atoms with Crippen molar-refractivity contribution in [1.82, 2.24) is 15.0 Å². The second-order valence-electron chi connectivity index (χ2n) is 5.76. The molecule has 7 heteroatoms. The van der Waals surface area contributed by atoms with Gasteiger partial charge in [0.05, 0.1) is 6.54 Å². The van der Waals surface area contributed by atoms with Crippen LogP contribution in [0.5, 0.6) is 11.5 Å². The maximum atomic E-state index is 12.5. The molecule has 2 aromatic rings. The Hall–Kier alpha value is -2.57. The Bertz CT molecular complexity index is 698. The standard InChI is InChI=1S/C16H19N3O4/c1-10(2)15-17-14(23-18-15)8-19(3)16(20)13-9-21-11-6-4-5-7-12(11)22-13/h4-7,10,13H,8-9H2,1-3H3. The monoisotopic (exact) mass is 317 g/mol. The first kappa shape index (κ1) is 15.3. The SMILES string of the molecule is CC(C)c1noc(CN(C)C(=O)C2COc3ccccc3O2)n1. The number of nitrogens with zero attached hydrogens (tertiary/aromatic N) is 3. The maximum absolute atomic E-state index is 12.5. The van der Waals surface area contributed by atoms with Crippen LogP contribution in [0.15, 0.2) is 28.8 Å². The van der Waals surface area contributed by atoms with E-state index in [4.69, 9.17) is 14.0 Å². The van der Waals surface area contributed by atoms with Crippen molar-refractivity contribution in [2.24, 2.45) is 0 Å². The fourth-order valence-electron chi connectivity index (χ4n) is 2.23. The molecule has 0 bridgehead atoms. The fraction of sp³-hybridized carbons (Fsp3) is 0.438. The summed E-state index contributed by atoms with van der Waals surface area (Å²) in [4.78, 5) is 18.3. The number of fused-ring (bicyclic) bond motifs is 1. The van der Waals surface area contributed by atoms with Gasteiger partial charge in [0.25, 0.3) is 5.91 Å². The highest BCUT2D eigenvalue weighted by atomic mass is 16.6. The predicted molar refractivity (Wildman–Crippen MR) is 81.2 cm³/mol. The number of carbonyl (C=O) groups is 1. The summed E-state index contributed by atoms with van der Waals surface area (Å²) in [6.07, 6.45) is -0.678. The highest BCUT2D eigenvalue weighted by molar-refractivity contribution is 5.81. The number of para-hydroxylation sites is 2. The van der Waals surface area contributed by atoms with Crippen LogP contribution < -0.4 is 9.47 Å². The van der Waals surface area contributed by atoms with Gasteiger partial charge >= 0.3 is 0 Å². The van der Waals surface area contributed by atoms with Crippen LogP contribution in [0.25, 0.3) is 0 Å². The zero-order valence-electron chi connectivity index (χ0n) is 13.4. The van der Waals surface area contributed by atoms with E-state index in [0.29, 0.717) is 23.2 Å². The average Bonchev–Trinajstić information content (AvgIpc) is 3.02. The van der Waals surface area contributed by atoms with Crippen LogP contribution in [0.1, 0.15) is 31.5 Å². The van der Waals surface area contributed by atoms with Crippen LogP contribution in [-0.4, -0.2) is 40.7 Å². The first-order valence-electron chi connectivity index (χ1n) is 7.50. The molecule has 0 fully saturated rings. The van der Waals surface area contributed by atoms with E-state index in [2.05, 4.69) is 10.1 Å². The summed E-state index contributed by atoms with van der Waals surface area (Å²) in [5.41, 5.74) is 0. The first-order valence-corrected chi connectivity index (χ1v) is 7.50. The van der Waals surface area contributed by atoms with Gasteiger partial charge in [-0.25, -0.2) is 0 Å². The van der Waals surface area contributed by atoms with Gasteiger partial charge in [-0.3, -0.25) is 4.79 Å². The number of benzene rings is 1. The van der Waals surface area contributed by atoms with Gasteiger partial charge in [0.2, 0.25) is 12.0 Å². The third-order valence-corrected chi connectivity index (χ3v) is 3.53. The van der Waals surface area contributed by atoms with Crippen molar-refractivity contribution in [3.63, 3.8) is 0 Å². The molecule has 23 heavy (non-hydrogen) atoms. The van der Waals surface area contributed by atoms with Crippen molar-refractivity contribution in [2.45, 2.75) is 32.4 Å². The molecule has 0 radical (unpaired) electrons. The molecule has 1 aliphatic heterocycles. The summed E-state index contributed by atoms with van der Waals surface area (Å²) in [5, 5.41) is 3.89. The van der Waals surface area contributed by atoms with Gasteiger partial charge in [-0.2, -0.15) is 4.98 Å². The van der Waals surface area contributed by atoms with E-state index >= 15 is 0 Å². The smallest absolute Gasteiger partial charge is 0.267 e. The van der Waals surface area contributed by atoms with Gasteiger partial charge in [-0.1, -0.05) is 31.1 Å². The number of amides is 1. The largest absolute Gasteiger partial charge is 0.485 e. The lowest BCUT2D eigenvalue weighted by molar-refractivity contribution is -0.140. The van der Waals surface area contributed by atoms with Crippen LogP contribution >= 0.6 is 0 Å². The number of carbonyl (C=O) groups excluding carboxylic acids is 1. The minimum absolute atomic E-state index is 0.181. The lowest BCUT2D eigenvalue weighted by atomic mass is 10.2. The highest BCUT2D eigenvalue weighted by Gasteiger charge is 2.30. The summed E-state index contributed by atoms with van der Waals surface area (Å²) in [7, 11) is 1.67. The Morgan fingerprint density at radius 2 is 2.09 bits per heavy atom. The van der Waals surface area contributed by atoms with Gasteiger partial charge in [-0.05, 0) is 12.1 Å². The van der Waals surface area contributed by atoms with Gasteiger partial charge < -0.3 is 18.9 Å². The normalized spacial score (nSPS) is 16.4. The lowest BCUT2D eigenvalue weighted by Crippen LogP contribution is -2.44. The van der Waals surface area contributed by atoms with Crippen LogP contribution in [-0.2, 0) is 11.3 Å². The number of rotatable bonds is 4. The Labute approximate surface area is 134 Å². The molecule has 1 atom stereocenters. The molecule has 0 N–H and O–H groups in total. The molecule has 3 rings (SSSR count). The third kappa shape index (κ3) is 3.28. The summed E-state index contributed by atoms with van der Waals surface area (Å²) in [6, 6.07) is 7.29. The van der Waals surface area contributed by atoms with Crippen molar-refractivity contribution >= 4 is 5.91 Å². The zero-order chi connectivity index (χ0) is 16.4. The van der Waals surface area contributed by atoms with Crippen molar-refractivity contribution in [1.29, 1.82) is 0 Å². The molecule has 1 aromatic carbocycles. The van der Waals surface area contributed by atoms with Crippen molar-refractivity contribution < 1.29 is 18.8 Å². The molecule has 0 aliphatic carbocycles. The Kier molecular flexibility index (Phi) is 4.18. The lowest BCUT2D eigenvalue weighted by Gasteiger charge is -2.28. The molecule has 1 amide bonds. The van der Waals surface area contributed by atoms with Crippen molar-refractivity contribution in [3.8, 4) is 11.5 Å². The van der Waals surface area contributed by atoms with E-state index in [1.54, 1.807) is 13.1 Å². The van der Waals surface area contributed by atoms with Crippen molar-refractivity contribution in [2.75, 3.05) is 13.7 Å². The molecular weight excluding hydrogens is 298 g/mol. The van der Waals surface area contributed by atoms with E-state index in [1.807, 2.05) is 32.0 Å². The van der Waals surface area contributed by atoms with Crippen LogP contribution in [0, 0.1) is 0 Å². The number of ether oxygens (including phenoxy) is 2. The van der Waals surface area contributed by atoms with Crippen LogP contribution in [0.4, 0.5) is 0 Å². The number of likely N-dealkylation sites (N-methyl/N-ethyl adjacent to an activating group) is 1. The highest BCUT2D eigenvalue weighted by Crippen LogP contribution is 2.31. The Morgan fingerprint density at radius 3 is 2.78 bits per heavy atom. The van der Waals surface area contributed by atoms with Crippen LogP contribution in [0.2, 0.25) is 0 Å². The number of aromatic nitrogens is 2. The third-order valence-electron chi connectivity index (χ3n) is 3.53. The van der Waals surface area contributed by atoms with Gasteiger partial charge in [0.1, 0.15) is 6.61 Å². The van der Waals surface area contributed by atoms with Gasteiger partial charge in [0, 0.05) is 13.0 Å². The van der Waals surface area contributed by atoms with E-state index < -0.39 is 6.10 Å². The number of hydrogen-bond donors (Lipinski definition) is 0.